The molecule has 0 N–H and O–H groups in total. The lowest BCUT2D eigenvalue weighted by atomic mass is 9.80. The Morgan fingerprint density at radius 1 is 0.183 bits per heavy atom. The molecule has 0 aliphatic heterocycles. The zero-order chi connectivity index (χ0) is 39.1. The van der Waals surface area contributed by atoms with Gasteiger partial charge in [-0.3, -0.25) is 0 Å². The van der Waals surface area contributed by atoms with Crippen LogP contribution in [-0.2, 0) is 0 Å². The summed E-state index contributed by atoms with van der Waals surface area (Å²) in [4.78, 5) is 0. The van der Waals surface area contributed by atoms with Crippen LogP contribution in [0.2, 0.25) is 0 Å². The second-order valence-corrected chi connectivity index (χ2v) is 16.6. The Morgan fingerprint density at radius 2 is 0.617 bits per heavy atom. The first-order valence-electron chi connectivity index (χ1n) is 21.0. The van der Waals surface area contributed by atoms with Crippen LogP contribution in [-0.4, -0.2) is 0 Å². The second kappa shape index (κ2) is 11.9. The van der Waals surface area contributed by atoms with E-state index in [0.717, 1.165) is 0 Å². The van der Waals surface area contributed by atoms with Gasteiger partial charge in [0, 0.05) is 0 Å². The molecule has 60 heavy (non-hydrogen) atoms. The number of benzene rings is 13. The molecular weight excluding hydrogens is 721 g/mol. The van der Waals surface area contributed by atoms with Crippen LogP contribution in [0.5, 0.6) is 0 Å². The summed E-state index contributed by atoms with van der Waals surface area (Å²) in [5.41, 5.74) is 12.8. The van der Waals surface area contributed by atoms with Crippen molar-refractivity contribution >= 4 is 86.2 Å². The van der Waals surface area contributed by atoms with Crippen molar-refractivity contribution in [2.75, 3.05) is 0 Å². The maximum absolute atomic E-state index is 2.55. The van der Waals surface area contributed by atoms with E-state index in [4.69, 9.17) is 0 Å². The third-order valence-electron chi connectivity index (χ3n) is 13.7. The molecule has 0 heteroatoms. The third-order valence-corrected chi connectivity index (χ3v) is 13.7. The van der Waals surface area contributed by atoms with Gasteiger partial charge in [0.1, 0.15) is 0 Å². The van der Waals surface area contributed by atoms with Crippen molar-refractivity contribution in [2.45, 2.75) is 0 Å². The van der Waals surface area contributed by atoms with Crippen LogP contribution in [0, 0.1) is 0 Å². The van der Waals surface area contributed by atoms with Crippen molar-refractivity contribution in [3.05, 3.63) is 206 Å². The van der Waals surface area contributed by atoms with Crippen molar-refractivity contribution in [2.24, 2.45) is 0 Å². The predicted octanol–water partition coefficient (Wildman–Crippen LogP) is 17.0. The minimum atomic E-state index is 1.24. The second-order valence-electron chi connectivity index (χ2n) is 16.6. The lowest BCUT2D eigenvalue weighted by molar-refractivity contribution is 1.66. The Bertz CT molecular complexity index is 3800. The Kier molecular flexibility index (Phi) is 6.38. The highest BCUT2D eigenvalue weighted by molar-refractivity contribution is 6.40. The fraction of sp³-hybridized carbons (Fsp3) is 0. The van der Waals surface area contributed by atoms with Crippen molar-refractivity contribution < 1.29 is 0 Å². The zero-order valence-corrected chi connectivity index (χ0v) is 32.6. The molecule has 0 nitrogen and oxygen atoms in total. The van der Waals surface area contributed by atoms with Crippen molar-refractivity contribution in [1.29, 1.82) is 0 Å². The molecule has 0 spiro atoms. The molecule has 13 aromatic carbocycles. The van der Waals surface area contributed by atoms with Crippen LogP contribution in [0.25, 0.3) is 142 Å². The highest BCUT2D eigenvalue weighted by Gasteiger charge is 2.29. The van der Waals surface area contributed by atoms with Crippen molar-refractivity contribution in [3.8, 4) is 55.6 Å². The normalized spacial score (nSPS) is 12.3. The lowest BCUT2D eigenvalue weighted by Gasteiger charge is -2.22. The molecule has 14 rings (SSSR count). The predicted molar refractivity (Wildman–Crippen MR) is 258 cm³/mol. The molecule has 13 aromatic rings. The summed E-state index contributed by atoms with van der Waals surface area (Å²) in [6, 6.07) is 77.5. The topological polar surface area (TPSA) is 0 Å². The van der Waals surface area contributed by atoms with Gasteiger partial charge in [-0.15, -0.1) is 0 Å². The van der Waals surface area contributed by atoms with Gasteiger partial charge in [0.2, 0.25) is 0 Å². The Labute approximate surface area is 346 Å². The average molecular weight is 755 g/mol. The van der Waals surface area contributed by atoms with Gasteiger partial charge in [-0.25, -0.2) is 0 Å². The molecule has 0 heterocycles. The van der Waals surface area contributed by atoms with E-state index >= 15 is 0 Å². The zero-order valence-electron chi connectivity index (χ0n) is 32.6. The molecule has 0 fully saturated rings. The SMILES string of the molecule is c1ccc(-c2cc3cccc4c5ccc6c7c(ccc(c(c2)c34)c75)-c2cc3c(-c4ccccc4)c4c5ccccc5c5ccccc5c4c(-c4ccccc4)c3cc2-6)cc1. The van der Waals surface area contributed by atoms with Crippen LogP contribution >= 0.6 is 0 Å². The standard InChI is InChI=1S/C60H34/c1-4-15-35(16-5-1)39-31-38-21-14-26-44-45-27-28-46-49-33-52-53(34-50(49)47-29-30-48(57(45)58(46)47)51(32-39)54(38)44)56(37-19-8-3-9-20-37)60-43-25-13-11-23-41(43)40-22-10-12-24-42(40)59(60)55(52)36-17-6-2-7-18-36/h1-34H. The maximum Gasteiger partial charge on any atom is -0.000763 e. The van der Waals surface area contributed by atoms with E-state index in [1.54, 1.807) is 0 Å². The summed E-state index contributed by atoms with van der Waals surface area (Å²) >= 11 is 0. The molecule has 0 radical (unpaired) electrons. The van der Waals surface area contributed by atoms with Crippen LogP contribution in [0.1, 0.15) is 0 Å². The number of hydrogen-bond donors (Lipinski definition) is 0. The van der Waals surface area contributed by atoms with E-state index in [1.165, 1.54) is 142 Å². The average Bonchev–Trinajstić information content (AvgIpc) is 3.64. The number of fused-ring (bicyclic) bond motifs is 12. The van der Waals surface area contributed by atoms with Crippen LogP contribution in [0.4, 0.5) is 0 Å². The van der Waals surface area contributed by atoms with Gasteiger partial charge in [0.15, 0.2) is 0 Å². The first kappa shape index (κ1) is 32.2. The molecule has 0 unspecified atom stereocenters. The Balaban J connectivity index is 1.17. The minimum Gasteiger partial charge on any atom is -0.0622 e. The highest BCUT2D eigenvalue weighted by Crippen LogP contribution is 2.56. The first-order chi connectivity index (χ1) is 29.8. The molecule has 0 atom stereocenters. The monoisotopic (exact) mass is 754 g/mol. The van der Waals surface area contributed by atoms with Crippen molar-refractivity contribution in [1.82, 2.24) is 0 Å². The van der Waals surface area contributed by atoms with Gasteiger partial charge in [-0.05, 0) is 166 Å². The van der Waals surface area contributed by atoms with Gasteiger partial charge in [-0.2, -0.15) is 0 Å². The van der Waals surface area contributed by atoms with Gasteiger partial charge in [0.25, 0.3) is 0 Å². The summed E-state index contributed by atoms with van der Waals surface area (Å²) in [5.74, 6) is 0. The van der Waals surface area contributed by atoms with E-state index < -0.39 is 0 Å². The van der Waals surface area contributed by atoms with Crippen LogP contribution in [0.15, 0.2) is 206 Å². The first-order valence-corrected chi connectivity index (χ1v) is 21.0. The molecular formula is C60H34. The van der Waals surface area contributed by atoms with Crippen LogP contribution < -0.4 is 0 Å². The maximum atomic E-state index is 2.55. The third kappa shape index (κ3) is 4.19. The molecule has 0 amide bonds. The minimum absolute atomic E-state index is 1.24. The highest BCUT2D eigenvalue weighted by atomic mass is 14.3. The van der Waals surface area contributed by atoms with Crippen molar-refractivity contribution in [3.63, 3.8) is 0 Å². The van der Waals surface area contributed by atoms with Gasteiger partial charge in [0.05, 0.1) is 0 Å². The fourth-order valence-electron chi connectivity index (χ4n) is 11.3. The van der Waals surface area contributed by atoms with E-state index in [-0.39, 0.29) is 0 Å². The van der Waals surface area contributed by atoms with Gasteiger partial charge in [-0.1, -0.05) is 182 Å². The summed E-state index contributed by atoms with van der Waals surface area (Å²) in [7, 11) is 0. The number of hydrogen-bond acceptors (Lipinski definition) is 0. The quantitative estimate of drug-likeness (QED) is 0.124. The van der Waals surface area contributed by atoms with E-state index in [1.807, 2.05) is 0 Å². The Morgan fingerprint density at radius 3 is 1.17 bits per heavy atom. The summed E-state index contributed by atoms with van der Waals surface area (Å²) in [6.07, 6.45) is 0. The molecule has 274 valence electrons. The molecule has 0 saturated heterocycles. The van der Waals surface area contributed by atoms with E-state index in [9.17, 15) is 0 Å². The van der Waals surface area contributed by atoms with Gasteiger partial charge >= 0.3 is 0 Å². The molecule has 0 saturated carbocycles. The Hall–Kier alpha value is -7.80. The largest absolute Gasteiger partial charge is 0.0622 e. The lowest BCUT2D eigenvalue weighted by Crippen LogP contribution is -1.94. The molecule has 0 bridgehead atoms. The number of rotatable bonds is 3. The summed E-state index contributed by atoms with van der Waals surface area (Å²) < 4.78 is 0. The van der Waals surface area contributed by atoms with E-state index in [2.05, 4.69) is 206 Å². The van der Waals surface area contributed by atoms with Gasteiger partial charge < -0.3 is 0 Å². The summed E-state index contributed by atoms with van der Waals surface area (Å²) in [5, 5.41) is 21.0. The fourth-order valence-corrected chi connectivity index (χ4v) is 11.3. The molecule has 1 aliphatic carbocycles. The smallest absolute Gasteiger partial charge is 0.000763 e. The van der Waals surface area contributed by atoms with Crippen LogP contribution in [0.3, 0.4) is 0 Å². The van der Waals surface area contributed by atoms with E-state index in [0.29, 0.717) is 0 Å². The molecule has 0 aromatic heterocycles. The summed E-state index contributed by atoms with van der Waals surface area (Å²) in [6.45, 7) is 0. The molecule has 1 aliphatic rings.